The standard InChI is InChI=1S/C10H6Br2N2O3/c1-4-2-5(11)7(6(12)3-4)14-9(16)8(15)13-10(14)17/h2-3H,1H3,(H,13,15,17). The van der Waals surface area contributed by atoms with Crippen LogP contribution in [0.5, 0.6) is 0 Å². The van der Waals surface area contributed by atoms with Crippen LogP contribution in [0.1, 0.15) is 5.56 Å². The Morgan fingerprint density at radius 2 is 1.65 bits per heavy atom. The number of carbonyl (C=O) groups excluding carboxylic acids is 3. The van der Waals surface area contributed by atoms with Crippen LogP contribution in [-0.4, -0.2) is 17.8 Å². The minimum Gasteiger partial charge on any atom is -0.269 e. The van der Waals surface area contributed by atoms with E-state index in [1.165, 1.54) is 0 Å². The van der Waals surface area contributed by atoms with E-state index in [2.05, 4.69) is 31.9 Å². The lowest BCUT2D eigenvalue weighted by Crippen LogP contribution is -2.31. The van der Waals surface area contributed by atoms with Gasteiger partial charge in [-0.1, -0.05) is 0 Å². The van der Waals surface area contributed by atoms with Crippen molar-refractivity contribution in [3.63, 3.8) is 0 Å². The first-order valence-corrected chi connectivity index (χ1v) is 6.15. The Balaban J connectivity index is 2.59. The predicted octanol–water partition coefficient (Wildman–Crippen LogP) is 2.10. The number of carbonyl (C=O) groups is 3. The second kappa shape index (κ2) is 4.23. The number of rotatable bonds is 1. The molecule has 1 aromatic rings. The van der Waals surface area contributed by atoms with Crippen molar-refractivity contribution in [1.82, 2.24) is 5.32 Å². The molecule has 4 amide bonds. The number of amides is 4. The van der Waals surface area contributed by atoms with Crippen molar-refractivity contribution < 1.29 is 14.4 Å². The molecule has 1 aromatic carbocycles. The quantitative estimate of drug-likeness (QED) is 0.615. The largest absolute Gasteiger partial charge is 0.336 e. The van der Waals surface area contributed by atoms with Crippen LogP contribution in [0.3, 0.4) is 0 Å². The van der Waals surface area contributed by atoms with Crippen molar-refractivity contribution in [1.29, 1.82) is 0 Å². The summed E-state index contributed by atoms with van der Waals surface area (Å²) in [6.45, 7) is 1.87. The van der Waals surface area contributed by atoms with Crippen LogP contribution < -0.4 is 10.2 Å². The Morgan fingerprint density at radius 3 is 2.06 bits per heavy atom. The van der Waals surface area contributed by atoms with Crippen LogP contribution >= 0.6 is 31.9 Å². The van der Waals surface area contributed by atoms with E-state index in [0.717, 1.165) is 10.5 Å². The smallest absolute Gasteiger partial charge is 0.269 e. The Labute approximate surface area is 113 Å². The molecule has 0 spiro atoms. The minimum atomic E-state index is -0.922. The molecule has 1 aliphatic heterocycles. The van der Waals surface area contributed by atoms with Gasteiger partial charge < -0.3 is 0 Å². The average Bonchev–Trinajstić information content (AvgIpc) is 2.43. The van der Waals surface area contributed by atoms with Crippen LogP contribution in [0, 0.1) is 6.92 Å². The topological polar surface area (TPSA) is 66.5 Å². The van der Waals surface area contributed by atoms with Crippen molar-refractivity contribution in [2.24, 2.45) is 0 Å². The minimum absolute atomic E-state index is 0.323. The Kier molecular flexibility index (Phi) is 3.05. The van der Waals surface area contributed by atoms with Crippen LogP contribution in [-0.2, 0) is 9.59 Å². The number of anilines is 1. The molecule has 17 heavy (non-hydrogen) atoms. The molecule has 0 saturated carbocycles. The van der Waals surface area contributed by atoms with Gasteiger partial charge in [0.2, 0.25) is 0 Å². The van der Waals surface area contributed by atoms with Crippen molar-refractivity contribution in [2.45, 2.75) is 6.92 Å². The Bertz CT molecular complexity index is 533. The molecule has 0 atom stereocenters. The summed E-state index contributed by atoms with van der Waals surface area (Å²) in [6, 6.07) is 2.76. The van der Waals surface area contributed by atoms with Gasteiger partial charge in [0, 0.05) is 8.95 Å². The third-order valence-electron chi connectivity index (χ3n) is 2.21. The number of urea groups is 1. The highest BCUT2D eigenvalue weighted by Gasteiger charge is 2.39. The highest BCUT2D eigenvalue weighted by atomic mass is 79.9. The summed E-state index contributed by atoms with van der Waals surface area (Å²) in [4.78, 5) is 35.0. The lowest BCUT2D eigenvalue weighted by molar-refractivity contribution is -0.134. The van der Waals surface area contributed by atoms with Gasteiger partial charge >= 0.3 is 17.8 Å². The third kappa shape index (κ3) is 2.00. The SMILES string of the molecule is Cc1cc(Br)c(N2C(=O)NC(=O)C2=O)c(Br)c1. The first-order chi connectivity index (χ1) is 7.91. The first-order valence-electron chi connectivity index (χ1n) is 4.57. The number of aryl methyl sites for hydroxylation is 1. The molecule has 1 saturated heterocycles. The van der Waals surface area contributed by atoms with Gasteiger partial charge in [-0.15, -0.1) is 0 Å². The number of benzene rings is 1. The van der Waals surface area contributed by atoms with E-state index in [1.807, 2.05) is 12.2 Å². The van der Waals surface area contributed by atoms with Gasteiger partial charge in [-0.2, -0.15) is 0 Å². The molecule has 88 valence electrons. The second-order valence-electron chi connectivity index (χ2n) is 3.48. The average molecular weight is 362 g/mol. The van der Waals surface area contributed by atoms with E-state index in [1.54, 1.807) is 12.1 Å². The maximum absolute atomic E-state index is 11.6. The third-order valence-corrected chi connectivity index (χ3v) is 3.41. The fraction of sp³-hybridized carbons (Fsp3) is 0.100. The normalized spacial score (nSPS) is 15.5. The predicted molar refractivity (Wildman–Crippen MR) is 67.6 cm³/mol. The van der Waals surface area contributed by atoms with Gasteiger partial charge in [0.25, 0.3) is 0 Å². The fourth-order valence-corrected chi connectivity index (χ4v) is 3.28. The number of imide groups is 2. The molecule has 1 heterocycles. The molecule has 0 aliphatic carbocycles. The van der Waals surface area contributed by atoms with E-state index in [4.69, 9.17) is 0 Å². The molecule has 0 aromatic heterocycles. The van der Waals surface area contributed by atoms with E-state index in [9.17, 15) is 14.4 Å². The van der Waals surface area contributed by atoms with Gasteiger partial charge in [-0.3, -0.25) is 14.9 Å². The molecule has 1 aliphatic rings. The Hall–Kier alpha value is -1.21. The van der Waals surface area contributed by atoms with Gasteiger partial charge in [-0.05, 0) is 56.5 Å². The Morgan fingerprint density at radius 1 is 1.12 bits per heavy atom. The molecule has 1 N–H and O–H groups in total. The number of nitrogens with zero attached hydrogens (tertiary/aromatic N) is 1. The molecule has 1 fully saturated rings. The van der Waals surface area contributed by atoms with Crippen LogP contribution in [0.25, 0.3) is 0 Å². The van der Waals surface area contributed by atoms with Gasteiger partial charge in [0.1, 0.15) is 0 Å². The van der Waals surface area contributed by atoms with Gasteiger partial charge in [-0.25, -0.2) is 9.69 Å². The van der Waals surface area contributed by atoms with Gasteiger partial charge in [0.15, 0.2) is 0 Å². The summed E-state index contributed by atoms with van der Waals surface area (Å²) >= 11 is 6.54. The molecule has 0 unspecified atom stereocenters. The monoisotopic (exact) mass is 360 g/mol. The summed E-state index contributed by atoms with van der Waals surface area (Å²) in [5.41, 5.74) is 1.27. The van der Waals surface area contributed by atoms with E-state index in [-0.39, 0.29) is 0 Å². The highest BCUT2D eigenvalue weighted by molar-refractivity contribution is 9.11. The number of nitrogens with one attached hydrogen (secondary N) is 1. The van der Waals surface area contributed by atoms with Gasteiger partial charge in [0.05, 0.1) is 5.69 Å². The first kappa shape index (κ1) is 12.3. The van der Waals surface area contributed by atoms with Crippen molar-refractivity contribution in [3.8, 4) is 0 Å². The zero-order chi connectivity index (χ0) is 12.7. The summed E-state index contributed by atoms with van der Waals surface area (Å²) in [5.74, 6) is -1.81. The lowest BCUT2D eigenvalue weighted by Gasteiger charge is -2.16. The summed E-state index contributed by atoms with van der Waals surface area (Å²) in [6.07, 6.45) is 0. The van der Waals surface area contributed by atoms with Crippen LogP contribution in [0.2, 0.25) is 0 Å². The molecular weight excluding hydrogens is 356 g/mol. The van der Waals surface area contributed by atoms with E-state index < -0.39 is 17.8 Å². The van der Waals surface area contributed by atoms with Crippen molar-refractivity contribution in [2.75, 3.05) is 4.90 Å². The van der Waals surface area contributed by atoms with E-state index in [0.29, 0.717) is 14.6 Å². The second-order valence-corrected chi connectivity index (χ2v) is 5.19. The van der Waals surface area contributed by atoms with Crippen molar-refractivity contribution in [3.05, 3.63) is 26.6 Å². The molecule has 0 bridgehead atoms. The molecular formula is C10H6Br2N2O3. The maximum Gasteiger partial charge on any atom is 0.336 e. The molecule has 0 radical (unpaired) electrons. The fourth-order valence-electron chi connectivity index (χ4n) is 1.51. The number of hydrogen-bond acceptors (Lipinski definition) is 3. The van der Waals surface area contributed by atoms with Crippen LogP contribution in [0.15, 0.2) is 21.1 Å². The summed E-state index contributed by atoms with van der Waals surface area (Å²) in [7, 11) is 0. The maximum atomic E-state index is 11.6. The lowest BCUT2D eigenvalue weighted by atomic mass is 10.2. The van der Waals surface area contributed by atoms with Crippen molar-refractivity contribution >= 4 is 55.4 Å². The highest BCUT2D eigenvalue weighted by Crippen LogP contribution is 2.36. The molecule has 2 rings (SSSR count). The molecule has 5 nitrogen and oxygen atoms in total. The summed E-state index contributed by atoms with van der Waals surface area (Å²) < 4.78 is 1.12. The van der Waals surface area contributed by atoms with Crippen LogP contribution in [0.4, 0.5) is 10.5 Å². The number of halogens is 2. The summed E-state index contributed by atoms with van der Waals surface area (Å²) in [5, 5.41) is 1.94. The zero-order valence-corrected chi connectivity index (χ0v) is 11.8. The zero-order valence-electron chi connectivity index (χ0n) is 8.58. The van der Waals surface area contributed by atoms with E-state index >= 15 is 0 Å². The number of hydrogen-bond donors (Lipinski definition) is 1. The molecule has 7 heteroatoms.